The van der Waals surface area contributed by atoms with E-state index < -0.39 is 11.7 Å². The van der Waals surface area contributed by atoms with Crippen molar-refractivity contribution in [3.63, 3.8) is 0 Å². The summed E-state index contributed by atoms with van der Waals surface area (Å²) in [6, 6.07) is 5.06. The smallest absolute Gasteiger partial charge is 0.420 e. The lowest BCUT2D eigenvalue weighted by atomic mass is 10.3. The number of carboxylic acids is 1. The molecule has 0 aliphatic rings. The first-order valence-electron chi connectivity index (χ1n) is 5.09. The molecule has 5 nitrogen and oxygen atoms in total. The van der Waals surface area contributed by atoms with E-state index in [1.165, 1.54) is 4.57 Å². The quantitative estimate of drug-likeness (QED) is 0.908. The molecule has 0 radical (unpaired) electrons. The van der Waals surface area contributed by atoms with Crippen molar-refractivity contribution < 1.29 is 14.3 Å². The number of hydrogen-bond donors (Lipinski definition) is 1. The van der Waals surface area contributed by atoms with E-state index in [1.54, 1.807) is 18.2 Å². The highest BCUT2D eigenvalue weighted by Gasteiger charge is 2.11. The van der Waals surface area contributed by atoms with Crippen LogP contribution in [-0.4, -0.2) is 15.6 Å². The highest BCUT2D eigenvalue weighted by molar-refractivity contribution is 6.34. The van der Waals surface area contributed by atoms with Crippen LogP contribution in [0.3, 0.4) is 0 Å². The second-order valence-electron chi connectivity index (χ2n) is 3.60. The van der Waals surface area contributed by atoms with Crippen molar-refractivity contribution in [3.8, 4) is 0 Å². The number of aromatic nitrogens is 1. The van der Waals surface area contributed by atoms with Crippen molar-refractivity contribution >= 4 is 28.7 Å². The highest BCUT2D eigenvalue weighted by atomic mass is 35.5. The molecular formula is C11H10ClNO4. The molecule has 1 aromatic carbocycles. The van der Waals surface area contributed by atoms with Gasteiger partial charge >= 0.3 is 11.7 Å². The van der Waals surface area contributed by atoms with E-state index in [-0.39, 0.29) is 6.42 Å². The Kier molecular flexibility index (Phi) is 3.19. The molecule has 0 aliphatic heterocycles. The molecule has 6 heteroatoms. The second kappa shape index (κ2) is 4.63. The van der Waals surface area contributed by atoms with E-state index >= 15 is 0 Å². The number of oxazole rings is 1. The third-order valence-electron chi connectivity index (χ3n) is 2.42. The number of carboxylic acid groups (broad SMARTS) is 1. The molecule has 0 spiro atoms. The summed E-state index contributed by atoms with van der Waals surface area (Å²) in [7, 11) is 0. The maximum absolute atomic E-state index is 11.6. The molecule has 1 N–H and O–H groups in total. The first kappa shape index (κ1) is 11.7. The van der Waals surface area contributed by atoms with E-state index in [1.807, 2.05) is 0 Å². The maximum atomic E-state index is 11.6. The minimum atomic E-state index is -0.885. The Morgan fingerprint density at radius 3 is 2.94 bits per heavy atom. The van der Waals surface area contributed by atoms with Gasteiger partial charge in [-0.05, 0) is 18.6 Å². The van der Waals surface area contributed by atoms with Crippen LogP contribution in [0, 0.1) is 0 Å². The van der Waals surface area contributed by atoms with Gasteiger partial charge in [-0.1, -0.05) is 17.7 Å². The van der Waals surface area contributed by atoms with Crippen LogP contribution < -0.4 is 5.76 Å². The predicted molar refractivity (Wildman–Crippen MR) is 62.4 cm³/mol. The molecule has 1 heterocycles. The summed E-state index contributed by atoms with van der Waals surface area (Å²) in [5.41, 5.74) is 0.933. The van der Waals surface area contributed by atoms with E-state index in [4.69, 9.17) is 21.1 Å². The van der Waals surface area contributed by atoms with Gasteiger partial charge < -0.3 is 9.52 Å². The molecule has 0 aliphatic carbocycles. The first-order chi connectivity index (χ1) is 8.09. The summed E-state index contributed by atoms with van der Waals surface area (Å²) in [5, 5.41) is 8.91. The van der Waals surface area contributed by atoms with Crippen LogP contribution in [0.1, 0.15) is 12.8 Å². The number of hydrogen-bond acceptors (Lipinski definition) is 3. The SMILES string of the molecule is O=C(O)CCCn1c(=O)oc2c(Cl)cccc21. The van der Waals surface area contributed by atoms with Gasteiger partial charge in [-0.2, -0.15) is 0 Å². The van der Waals surface area contributed by atoms with Crippen molar-refractivity contribution in [2.75, 3.05) is 0 Å². The van der Waals surface area contributed by atoms with Crippen molar-refractivity contribution in [2.24, 2.45) is 0 Å². The number of carbonyl (C=O) groups is 1. The van der Waals surface area contributed by atoms with Gasteiger partial charge in [0, 0.05) is 13.0 Å². The topological polar surface area (TPSA) is 72.4 Å². The second-order valence-corrected chi connectivity index (χ2v) is 4.01. The van der Waals surface area contributed by atoms with Crippen LogP contribution in [0.15, 0.2) is 27.4 Å². The van der Waals surface area contributed by atoms with Crippen LogP contribution in [0.25, 0.3) is 11.1 Å². The molecule has 0 unspecified atom stereocenters. The summed E-state index contributed by atoms with van der Waals surface area (Å²) in [6.45, 7) is 0.304. The zero-order valence-electron chi connectivity index (χ0n) is 8.85. The largest absolute Gasteiger partial charge is 0.481 e. The molecule has 0 saturated heterocycles. The van der Waals surface area contributed by atoms with Gasteiger partial charge in [0.1, 0.15) is 0 Å². The molecule has 2 aromatic rings. The highest BCUT2D eigenvalue weighted by Crippen LogP contribution is 2.22. The fourth-order valence-electron chi connectivity index (χ4n) is 1.65. The Hall–Kier alpha value is -1.75. The van der Waals surface area contributed by atoms with E-state index in [2.05, 4.69) is 0 Å². The standard InChI is InChI=1S/C11H10ClNO4/c12-7-3-1-4-8-10(7)17-11(16)13(8)6-2-5-9(14)15/h1,3-4H,2,5-6H2,(H,14,15). The summed E-state index contributed by atoms with van der Waals surface area (Å²) in [5.74, 6) is -1.40. The molecule has 0 saturated carbocycles. The molecule has 0 atom stereocenters. The van der Waals surface area contributed by atoms with Crippen molar-refractivity contribution in [2.45, 2.75) is 19.4 Å². The van der Waals surface area contributed by atoms with Gasteiger partial charge in [-0.15, -0.1) is 0 Å². The maximum Gasteiger partial charge on any atom is 0.420 e. The normalized spacial score (nSPS) is 10.9. The molecule has 17 heavy (non-hydrogen) atoms. The molecule has 2 rings (SSSR count). The summed E-state index contributed by atoms with van der Waals surface area (Å²) >= 11 is 5.89. The Bertz CT molecular complexity index is 613. The minimum Gasteiger partial charge on any atom is -0.481 e. The number of nitrogens with zero attached hydrogens (tertiary/aromatic N) is 1. The van der Waals surface area contributed by atoms with Gasteiger partial charge in [0.05, 0.1) is 10.5 Å². The number of rotatable bonds is 4. The van der Waals surface area contributed by atoms with Gasteiger partial charge in [-0.3, -0.25) is 9.36 Å². The van der Waals surface area contributed by atoms with Crippen LogP contribution in [0.5, 0.6) is 0 Å². The third kappa shape index (κ3) is 2.34. The van der Waals surface area contributed by atoms with E-state index in [0.29, 0.717) is 29.1 Å². The average molecular weight is 256 g/mol. The van der Waals surface area contributed by atoms with Gasteiger partial charge in [0.25, 0.3) is 0 Å². The molecule has 90 valence electrons. The predicted octanol–water partition coefficient (Wildman–Crippen LogP) is 2.11. The van der Waals surface area contributed by atoms with Crippen LogP contribution in [0.4, 0.5) is 0 Å². The van der Waals surface area contributed by atoms with Gasteiger partial charge in [-0.25, -0.2) is 4.79 Å². The number of benzene rings is 1. The van der Waals surface area contributed by atoms with Crippen molar-refractivity contribution in [3.05, 3.63) is 33.8 Å². The average Bonchev–Trinajstić information content (AvgIpc) is 2.57. The minimum absolute atomic E-state index is 0.0136. The third-order valence-corrected chi connectivity index (χ3v) is 2.72. The zero-order chi connectivity index (χ0) is 12.4. The number of aliphatic carboxylic acids is 1. The van der Waals surface area contributed by atoms with Crippen LogP contribution in [-0.2, 0) is 11.3 Å². The van der Waals surface area contributed by atoms with Crippen LogP contribution in [0.2, 0.25) is 5.02 Å². The lowest BCUT2D eigenvalue weighted by molar-refractivity contribution is -0.137. The fraction of sp³-hybridized carbons (Fsp3) is 0.273. The van der Waals surface area contributed by atoms with Crippen LogP contribution >= 0.6 is 11.6 Å². The van der Waals surface area contributed by atoms with Gasteiger partial charge in [0.15, 0.2) is 5.58 Å². The monoisotopic (exact) mass is 255 g/mol. The molecule has 1 aromatic heterocycles. The Morgan fingerprint density at radius 2 is 2.24 bits per heavy atom. The van der Waals surface area contributed by atoms with E-state index in [9.17, 15) is 9.59 Å². The van der Waals surface area contributed by atoms with Crippen molar-refractivity contribution in [1.82, 2.24) is 4.57 Å². The molecule has 0 fully saturated rings. The number of fused-ring (bicyclic) bond motifs is 1. The molecule has 0 amide bonds. The molecule has 0 bridgehead atoms. The Morgan fingerprint density at radius 1 is 1.47 bits per heavy atom. The lowest BCUT2D eigenvalue weighted by Crippen LogP contribution is -2.14. The van der Waals surface area contributed by atoms with Crippen molar-refractivity contribution in [1.29, 1.82) is 0 Å². The summed E-state index contributed by atoms with van der Waals surface area (Å²) < 4.78 is 6.41. The zero-order valence-corrected chi connectivity index (χ0v) is 9.61. The first-order valence-corrected chi connectivity index (χ1v) is 5.47. The number of halogens is 1. The fourth-order valence-corrected chi connectivity index (χ4v) is 1.86. The number of aryl methyl sites for hydroxylation is 1. The lowest BCUT2D eigenvalue weighted by Gasteiger charge is -2.00. The molecular weight excluding hydrogens is 246 g/mol. The Balaban J connectivity index is 2.34. The van der Waals surface area contributed by atoms with E-state index in [0.717, 1.165) is 0 Å². The Labute approximate surface area is 101 Å². The summed E-state index contributed by atoms with van der Waals surface area (Å²) in [6.07, 6.45) is 0.385. The number of para-hydroxylation sites is 1. The summed E-state index contributed by atoms with van der Waals surface area (Å²) in [4.78, 5) is 22.0. The van der Waals surface area contributed by atoms with Gasteiger partial charge in [0.2, 0.25) is 0 Å².